The van der Waals surface area contributed by atoms with Crippen molar-refractivity contribution in [1.29, 1.82) is 0 Å². The molecule has 6 heteroatoms. The molecule has 30 heavy (non-hydrogen) atoms. The van der Waals surface area contributed by atoms with Gasteiger partial charge in [-0.05, 0) is 66.2 Å². The maximum Gasteiger partial charge on any atom is 0.265 e. The summed E-state index contributed by atoms with van der Waals surface area (Å²) in [4.78, 5) is 22.2. The van der Waals surface area contributed by atoms with E-state index >= 15 is 0 Å². The van der Waals surface area contributed by atoms with Gasteiger partial charge in [-0.3, -0.25) is 4.79 Å². The number of halogens is 1. The summed E-state index contributed by atoms with van der Waals surface area (Å²) >= 11 is 7.51. The van der Waals surface area contributed by atoms with Gasteiger partial charge in [0.15, 0.2) is 0 Å². The summed E-state index contributed by atoms with van der Waals surface area (Å²) in [5, 5.41) is 3.63. The molecule has 0 saturated carbocycles. The number of imidazole rings is 1. The number of amides is 1. The summed E-state index contributed by atoms with van der Waals surface area (Å²) in [7, 11) is 0. The highest BCUT2D eigenvalue weighted by Gasteiger charge is 2.12. The minimum absolute atomic E-state index is 0.134. The smallest absolute Gasteiger partial charge is 0.265 e. The quantitative estimate of drug-likeness (QED) is 0.327. The number of thiophene rings is 1. The highest BCUT2D eigenvalue weighted by atomic mass is 35.5. The highest BCUT2D eigenvalue weighted by Crippen LogP contribution is 2.30. The maximum absolute atomic E-state index is 12.7. The molecule has 5 rings (SSSR count). The van der Waals surface area contributed by atoms with Crippen LogP contribution in [-0.4, -0.2) is 15.9 Å². The Hall–Kier alpha value is -3.41. The zero-order chi connectivity index (χ0) is 20.5. The minimum atomic E-state index is -0.134. The van der Waals surface area contributed by atoms with Crippen molar-refractivity contribution >= 4 is 45.6 Å². The number of fused-ring (bicyclic) bond motifs is 1. The van der Waals surface area contributed by atoms with E-state index in [-0.39, 0.29) is 5.91 Å². The molecule has 0 aliphatic heterocycles. The largest absolute Gasteiger partial charge is 0.338 e. The van der Waals surface area contributed by atoms with Gasteiger partial charge in [0.05, 0.1) is 15.9 Å². The van der Waals surface area contributed by atoms with E-state index in [2.05, 4.69) is 15.3 Å². The molecule has 0 atom stereocenters. The number of carbonyl (C=O) groups excluding carboxylic acids is 1. The van der Waals surface area contributed by atoms with Gasteiger partial charge in [0.25, 0.3) is 5.91 Å². The van der Waals surface area contributed by atoms with E-state index < -0.39 is 0 Å². The van der Waals surface area contributed by atoms with Crippen LogP contribution in [-0.2, 0) is 0 Å². The molecule has 2 N–H and O–H groups in total. The van der Waals surface area contributed by atoms with Crippen molar-refractivity contribution in [2.45, 2.75) is 0 Å². The van der Waals surface area contributed by atoms with Gasteiger partial charge in [-0.2, -0.15) is 0 Å². The zero-order valence-corrected chi connectivity index (χ0v) is 17.3. The lowest BCUT2D eigenvalue weighted by molar-refractivity contribution is 0.103. The Morgan fingerprint density at radius 1 is 0.900 bits per heavy atom. The molecule has 2 aromatic heterocycles. The molecule has 146 valence electrons. The van der Waals surface area contributed by atoms with Crippen LogP contribution < -0.4 is 5.32 Å². The molecule has 0 fully saturated rings. The van der Waals surface area contributed by atoms with Crippen LogP contribution in [0.4, 0.5) is 5.69 Å². The summed E-state index contributed by atoms with van der Waals surface area (Å²) in [6.45, 7) is 0. The van der Waals surface area contributed by atoms with Gasteiger partial charge >= 0.3 is 0 Å². The first-order chi connectivity index (χ1) is 14.7. The van der Waals surface area contributed by atoms with Crippen LogP contribution >= 0.6 is 22.9 Å². The number of anilines is 1. The number of nitrogens with zero attached hydrogens (tertiary/aromatic N) is 1. The summed E-state index contributed by atoms with van der Waals surface area (Å²) in [6.07, 6.45) is 0. The van der Waals surface area contributed by atoms with Crippen LogP contribution in [0.3, 0.4) is 0 Å². The number of hydrogen-bond acceptors (Lipinski definition) is 3. The van der Waals surface area contributed by atoms with Gasteiger partial charge in [0.1, 0.15) is 5.82 Å². The van der Waals surface area contributed by atoms with Crippen LogP contribution in [0.15, 0.2) is 84.9 Å². The minimum Gasteiger partial charge on any atom is -0.338 e. The Balaban J connectivity index is 1.32. The number of aromatic nitrogens is 2. The molecular formula is C24H16ClN3OS. The zero-order valence-electron chi connectivity index (χ0n) is 15.7. The normalized spacial score (nSPS) is 11.0. The van der Waals surface area contributed by atoms with Crippen molar-refractivity contribution in [3.8, 4) is 21.8 Å². The van der Waals surface area contributed by atoms with E-state index in [0.29, 0.717) is 9.90 Å². The molecular weight excluding hydrogens is 414 g/mol. The fourth-order valence-corrected chi connectivity index (χ4v) is 4.34. The van der Waals surface area contributed by atoms with Crippen LogP contribution in [0.2, 0.25) is 5.02 Å². The first-order valence-corrected chi connectivity index (χ1v) is 10.6. The first kappa shape index (κ1) is 18.6. The summed E-state index contributed by atoms with van der Waals surface area (Å²) in [5.41, 5.74) is 4.62. The van der Waals surface area contributed by atoms with Crippen molar-refractivity contribution in [3.05, 3.63) is 94.8 Å². The van der Waals surface area contributed by atoms with Crippen LogP contribution in [0.5, 0.6) is 0 Å². The standard InChI is InChI=1S/C24H16ClN3OS/c25-17-5-3-4-16(14-17)21-12-13-22(30-21)24(29)26-18-10-8-15(9-11-18)23-27-19-6-1-2-7-20(19)28-23/h1-14H,(H,26,29)(H,27,28). The van der Waals surface area contributed by atoms with Crippen molar-refractivity contribution in [1.82, 2.24) is 9.97 Å². The fourth-order valence-electron chi connectivity index (χ4n) is 3.25. The van der Waals surface area contributed by atoms with E-state index in [1.807, 2.05) is 84.9 Å². The molecule has 3 aromatic carbocycles. The summed E-state index contributed by atoms with van der Waals surface area (Å²) < 4.78 is 0. The van der Waals surface area contributed by atoms with Gasteiger partial charge in [0, 0.05) is 21.2 Å². The molecule has 0 aliphatic carbocycles. The number of benzene rings is 3. The highest BCUT2D eigenvalue weighted by molar-refractivity contribution is 7.17. The van der Waals surface area contributed by atoms with E-state index in [4.69, 9.17) is 11.6 Å². The lowest BCUT2D eigenvalue weighted by atomic mass is 10.2. The van der Waals surface area contributed by atoms with Crippen molar-refractivity contribution in [2.75, 3.05) is 5.32 Å². The number of aromatic amines is 1. The Labute approximate surface area is 182 Å². The van der Waals surface area contributed by atoms with Crippen LogP contribution in [0, 0.1) is 0 Å². The Morgan fingerprint density at radius 2 is 1.73 bits per heavy atom. The fraction of sp³-hybridized carbons (Fsp3) is 0. The number of rotatable bonds is 4. The molecule has 0 unspecified atom stereocenters. The van der Waals surface area contributed by atoms with Gasteiger partial charge < -0.3 is 10.3 Å². The molecule has 0 aliphatic rings. The lowest BCUT2D eigenvalue weighted by Crippen LogP contribution is -2.09. The van der Waals surface area contributed by atoms with Crippen LogP contribution in [0.1, 0.15) is 9.67 Å². The average Bonchev–Trinajstić information content (AvgIpc) is 3.42. The summed E-state index contributed by atoms with van der Waals surface area (Å²) in [6, 6.07) is 27.0. The number of H-pyrrole nitrogens is 1. The third kappa shape index (κ3) is 3.73. The van der Waals surface area contributed by atoms with Crippen molar-refractivity contribution < 1.29 is 4.79 Å². The van der Waals surface area contributed by atoms with Gasteiger partial charge in [-0.15, -0.1) is 11.3 Å². The monoisotopic (exact) mass is 429 g/mol. The van der Waals surface area contributed by atoms with E-state index in [1.54, 1.807) is 0 Å². The first-order valence-electron chi connectivity index (χ1n) is 9.38. The molecule has 1 amide bonds. The second kappa shape index (κ2) is 7.78. The second-order valence-corrected chi connectivity index (χ2v) is 8.33. The maximum atomic E-state index is 12.7. The molecule has 2 heterocycles. The number of para-hydroxylation sites is 2. The van der Waals surface area contributed by atoms with Crippen molar-refractivity contribution in [2.24, 2.45) is 0 Å². The number of nitrogens with one attached hydrogen (secondary N) is 2. The molecule has 4 nitrogen and oxygen atoms in total. The predicted molar refractivity (Wildman–Crippen MR) is 124 cm³/mol. The van der Waals surface area contributed by atoms with E-state index in [9.17, 15) is 4.79 Å². The van der Waals surface area contributed by atoms with Gasteiger partial charge in [0.2, 0.25) is 0 Å². The average molecular weight is 430 g/mol. The van der Waals surface area contributed by atoms with Crippen LogP contribution in [0.25, 0.3) is 32.9 Å². The lowest BCUT2D eigenvalue weighted by Gasteiger charge is -2.04. The SMILES string of the molecule is O=C(Nc1ccc(-c2nc3ccccc3[nH]2)cc1)c1ccc(-c2cccc(Cl)c2)s1. The topological polar surface area (TPSA) is 57.8 Å². The van der Waals surface area contributed by atoms with Crippen molar-refractivity contribution in [3.63, 3.8) is 0 Å². The Morgan fingerprint density at radius 3 is 2.53 bits per heavy atom. The van der Waals surface area contributed by atoms with Gasteiger partial charge in [-0.1, -0.05) is 35.9 Å². The molecule has 0 radical (unpaired) electrons. The number of carbonyl (C=O) groups is 1. The Bertz CT molecular complexity index is 1320. The number of hydrogen-bond donors (Lipinski definition) is 2. The third-order valence-corrected chi connectivity index (χ3v) is 6.11. The van der Waals surface area contributed by atoms with E-state index in [0.717, 1.165) is 38.5 Å². The molecule has 5 aromatic rings. The van der Waals surface area contributed by atoms with Gasteiger partial charge in [-0.25, -0.2) is 4.98 Å². The molecule has 0 spiro atoms. The van der Waals surface area contributed by atoms with E-state index in [1.165, 1.54) is 11.3 Å². The Kier molecular flexibility index (Phi) is 4.83. The summed E-state index contributed by atoms with van der Waals surface area (Å²) in [5.74, 6) is 0.670. The predicted octanol–water partition coefficient (Wildman–Crippen LogP) is 6.86. The molecule has 0 bridgehead atoms. The molecule has 0 saturated heterocycles. The second-order valence-electron chi connectivity index (χ2n) is 6.81. The third-order valence-electron chi connectivity index (χ3n) is 4.74.